The van der Waals surface area contributed by atoms with Crippen molar-refractivity contribution >= 4 is 23.0 Å². The van der Waals surface area contributed by atoms with Gasteiger partial charge in [0.1, 0.15) is 23.0 Å². The van der Waals surface area contributed by atoms with Gasteiger partial charge in [0.05, 0.1) is 12.2 Å². The highest BCUT2D eigenvalue weighted by Gasteiger charge is 2.42. The molecule has 2 aliphatic rings. The highest BCUT2D eigenvalue weighted by atomic mass is 127. The highest BCUT2D eigenvalue weighted by Crippen LogP contribution is 2.37. The Hall–Kier alpha value is 0.650. The molecule has 0 bridgehead atoms. The molecule has 1 aliphatic carbocycles. The van der Waals surface area contributed by atoms with Crippen LogP contribution in [0.2, 0.25) is 0 Å². The summed E-state index contributed by atoms with van der Waals surface area (Å²) in [5.41, 5.74) is 0. The smallest absolute Gasteiger partial charge is 0.106 e. The van der Waals surface area contributed by atoms with Crippen molar-refractivity contribution < 1.29 is 8.17 Å². The minimum absolute atomic E-state index is 0.713. The molecule has 2 unspecified atom stereocenters. The van der Waals surface area contributed by atoms with E-state index in [-0.39, 0.29) is 0 Å². The zero-order valence-corrected chi connectivity index (χ0v) is 6.67. The molecule has 0 aromatic carbocycles. The van der Waals surface area contributed by atoms with Crippen molar-refractivity contribution in [1.29, 1.82) is 0 Å². The molecule has 0 aromatic rings. The van der Waals surface area contributed by atoms with Gasteiger partial charge in [-0.1, -0.05) is 0 Å². The number of halogens is 1. The van der Waals surface area contributed by atoms with Crippen molar-refractivity contribution in [3.63, 3.8) is 0 Å². The predicted molar refractivity (Wildman–Crippen MR) is 38.8 cm³/mol. The molecule has 2 atom stereocenters. The van der Waals surface area contributed by atoms with Crippen molar-refractivity contribution in [3.8, 4) is 0 Å². The van der Waals surface area contributed by atoms with Crippen LogP contribution in [0.5, 0.6) is 0 Å². The molecule has 1 aliphatic heterocycles. The van der Waals surface area contributed by atoms with Gasteiger partial charge in [0.25, 0.3) is 0 Å². The summed E-state index contributed by atoms with van der Waals surface area (Å²) in [5, 5.41) is 0. The van der Waals surface area contributed by atoms with Crippen LogP contribution in [0.4, 0.5) is 0 Å². The summed E-state index contributed by atoms with van der Waals surface area (Å²) in [6.07, 6.45) is 5.51. The van der Waals surface area contributed by atoms with Crippen molar-refractivity contribution in [2.75, 3.05) is 0 Å². The maximum Gasteiger partial charge on any atom is 0.106 e. The maximum atomic E-state index is 6.97. The number of ether oxygens (including phenoxy) is 1. The SMILES string of the molecule is C1CC2OC2C1.OI. The van der Waals surface area contributed by atoms with Crippen LogP contribution in [0.15, 0.2) is 0 Å². The zero-order valence-electron chi connectivity index (χ0n) is 4.51. The van der Waals surface area contributed by atoms with Gasteiger partial charge < -0.3 is 8.17 Å². The third-order valence-corrected chi connectivity index (χ3v) is 1.66. The summed E-state index contributed by atoms with van der Waals surface area (Å²) < 4.78 is 12.1. The van der Waals surface area contributed by atoms with E-state index in [0.717, 1.165) is 23.0 Å². The molecule has 1 N–H and O–H groups in total. The first-order chi connectivity index (χ1) is 3.97. The van der Waals surface area contributed by atoms with Crippen LogP contribution in [0.25, 0.3) is 0 Å². The molecule has 2 fully saturated rings. The van der Waals surface area contributed by atoms with Gasteiger partial charge in [0, 0.05) is 0 Å². The summed E-state index contributed by atoms with van der Waals surface area (Å²) in [7, 11) is 0. The average molecular weight is 228 g/mol. The molecule has 0 spiro atoms. The van der Waals surface area contributed by atoms with Gasteiger partial charge in [0.2, 0.25) is 0 Å². The molecule has 1 saturated heterocycles. The molecular formula is C5H9IO2. The fraction of sp³-hybridized carbons (Fsp3) is 1.00. The summed E-state index contributed by atoms with van der Waals surface area (Å²) in [6.45, 7) is 0. The van der Waals surface area contributed by atoms with E-state index in [4.69, 9.17) is 8.17 Å². The molecule has 1 saturated carbocycles. The highest BCUT2D eigenvalue weighted by molar-refractivity contribution is 14.1. The predicted octanol–water partition coefficient (Wildman–Crippen LogP) is 1.27. The van der Waals surface area contributed by atoms with Crippen LogP contribution >= 0.6 is 23.0 Å². The van der Waals surface area contributed by atoms with E-state index in [1.807, 2.05) is 0 Å². The lowest BCUT2D eigenvalue weighted by Gasteiger charge is -1.81. The molecule has 48 valence electrons. The number of hydrogen-bond acceptors (Lipinski definition) is 2. The zero-order chi connectivity index (χ0) is 5.98. The molecule has 1 heterocycles. The first kappa shape index (κ1) is 6.77. The molecule has 2 nitrogen and oxygen atoms in total. The van der Waals surface area contributed by atoms with E-state index in [2.05, 4.69) is 0 Å². The van der Waals surface area contributed by atoms with E-state index in [9.17, 15) is 0 Å². The van der Waals surface area contributed by atoms with E-state index in [1.165, 1.54) is 19.3 Å². The topological polar surface area (TPSA) is 32.8 Å². The Balaban J connectivity index is 0.000000147. The van der Waals surface area contributed by atoms with Gasteiger partial charge in [-0.15, -0.1) is 0 Å². The van der Waals surface area contributed by atoms with E-state index >= 15 is 0 Å². The Morgan fingerprint density at radius 2 is 1.75 bits per heavy atom. The molecule has 0 radical (unpaired) electrons. The van der Waals surface area contributed by atoms with Crippen molar-refractivity contribution in [1.82, 2.24) is 0 Å². The van der Waals surface area contributed by atoms with Gasteiger partial charge >= 0.3 is 0 Å². The van der Waals surface area contributed by atoms with Crippen LogP contribution < -0.4 is 0 Å². The van der Waals surface area contributed by atoms with Crippen molar-refractivity contribution in [2.45, 2.75) is 31.5 Å². The third kappa shape index (κ3) is 1.33. The Morgan fingerprint density at radius 1 is 1.25 bits per heavy atom. The van der Waals surface area contributed by atoms with Crippen LogP contribution in [0.1, 0.15) is 19.3 Å². The molecule has 2 rings (SSSR count). The second kappa shape index (κ2) is 2.98. The Morgan fingerprint density at radius 3 is 1.88 bits per heavy atom. The van der Waals surface area contributed by atoms with Crippen molar-refractivity contribution in [3.05, 3.63) is 0 Å². The molecular weight excluding hydrogens is 219 g/mol. The first-order valence-corrected chi connectivity index (χ1v) is 3.76. The minimum Gasteiger partial charge on any atom is -0.370 e. The van der Waals surface area contributed by atoms with Gasteiger partial charge in [-0.2, -0.15) is 0 Å². The maximum absolute atomic E-state index is 6.97. The minimum atomic E-state index is 0.713. The molecule has 0 amide bonds. The van der Waals surface area contributed by atoms with Crippen LogP contribution in [-0.2, 0) is 4.74 Å². The molecule has 8 heavy (non-hydrogen) atoms. The van der Waals surface area contributed by atoms with Crippen LogP contribution in [-0.4, -0.2) is 15.6 Å². The summed E-state index contributed by atoms with van der Waals surface area (Å²) in [5.74, 6) is 0. The standard InChI is InChI=1S/C5H8O.HIO/c1-2-4-5(3-1)6-4;1-2/h4-5H,1-3H2;2H. The van der Waals surface area contributed by atoms with E-state index in [1.54, 1.807) is 0 Å². The largest absolute Gasteiger partial charge is 0.370 e. The molecule has 0 aromatic heterocycles. The normalized spacial score (nSPS) is 39.8. The van der Waals surface area contributed by atoms with Crippen LogP contribution in [0.3, 0.4) is 0 Å². The fourth-order valence-electron chi connectivity index (χ4n) is 1.21. The second-order valence-corrected chi connectivity index (χ2v) is 2.14. The number of fused-ring (bicyclic) bond motifs is 1. The Bertz CT molecular complexity index is 68.8. The van der Waals surface area contributed by atoms with E-state index < -0.39 is 0 Å². The third-order valence-electron chi connectivity index (χ3n) is 1.66. The lowest BCUT2D eigenvalue weighted by atomic mass is 10.4. The number of epoxide rings is 1. The summed E-state index contributed by atoms with van der Waals surface area (Å²) in [6, 6.07) is 0. The second-order valence-electron chi connectivity index (χ2n) is 2.14. The van der Waals surface area contributed by atoms with Gasteiger partial charge in [-0.25, -0.2) is 0 Å². The van der Waals surface area contributed by atoms with Crippen LogP contribution in [0, 0.1) is 0 Å². The summed E-state index contributed by atoms with van der Waals surface area (Å²) in [4.78, 5) is 0. The lowest BCUT2D eigenvalue weighted by Crippen LogP contribution is -1.74. The number of rotatable bonds is 0. The molecule has 3 heteroatoms. The fourth-order valence-corrected chi connectivity index (χ4v) is 1.21. The Kier molecular flexibility index (Phi) is 2.52. The average Bonchev–Trinajstić information content (AvgIpc) is 2.46. The summed E-state index contributed by atoms with van der Waals surface area (Å²) >= 11 is 1.15. The quantitative estimate of drug-likeness (QED) is 0.500. The van der Waals surface area contributed by atoms with Crippen molar-refractivity contribution in [2.24, 2.45) is 0 Å². The van der Waals surface area contributed by atoms with E-state index in [0.29, 0.717) is 12.2 Å². The monoisotopic (exact) mass is 228 g/mol. The van der Waals surface area contributed by atoms with Gasteiger partial charge in [0.15, 0.2) is 0 Å². The number of hydrogen-bond donors (Lipinski definition) is 1. The van der Waals surface area contributed by atoms with Gasteiger partial charge in [-0.05, 0) is 19.3 Å². The Labute approximate surface area is 62.9 Å². The van der Waals surface area contributed by atoms with Gasteiger partial charge in [-0.3, -0.25) is 0 Å². The first-order valence-electron chi connectivity index (χ1n) is 2.79. The lowest BCUT2D eigenvalue weighted by molar-refractivity contribution is 0.322.